The van der Waals surface area contributed by atoms with Gasteiger partial charge in [0.05, 0.1) is 5.69 Å². The molecule has 0 spiro atoms. The largest absolute Gasteiger partial charge is 0.482 e. The van der Waals surface area contributed by atoms with Crippen molar-refractivity contribution in [3.63, 3.8) is 0 Å². The summed E-state index contributed by atoms with van der Waals surface area (Å²) in [6, 6.07) is 5.74. The number of carbonyl (C=O) groups is 2. The number of rotatable bonds is 3. The Hall–Kier alpha value is -2.08. The number of benzene rings is 1. The van der Waals surface area contributed by atoms with E-state index in [2.05, 4.69) is 36.3 Å². The van der Waals surface area contributed by atoms with Gasteiger partial charge in [-0.1, -0.05) is 6.92 Å². The number of hydrogen-bond donors (Lipinski definition) is 2. The van der Waals surface area contributed by atoms with E-state index in [1.807, 2.05) is 0 Å². The minimum Gasteiger partial charge on any atom is -0.482 e. The molecule has 0 radical (unpaired) electrons. The van der Waals surface area contributed by atoms with Gasteiger partial charge in [0.25, 0.3) is 11.8 Å². The standard InChI is InChI=1S/C17H23N3O3/c1-10(2)20-7-11(3)14(8-20)19-17(22)12-4-5-13-15(6-12)23-9-16(21)18-13/h4-6,10-11,14H,7-9H2,1-3H3,(H,18,21)(H,19,22)/t11-,14-/m0/s1. The van der Waals surface area contributed by atoms with Crippen LogP contribution in [-0.4, -0.2) is 48.5 Å². The van der Waals surface area contributed by atoms with Crippen molar-refractivity contribution in [1.82, 2.24) is 10.2 Å². The first-order valence-corrected chi connectivity index (χ1v) is 8.05. The summed E-state index contributed by atoms with van der Waals surface area (Å²) in [6.45, 7) is 8.38. The summed E-state index contributed by atoms with van der Waals surface area (Å²) >= 11 is 0. The van der Waals surface area contributed by atoms with E-state index in [-0.39, 0.29) is 24.5 Å². The molecular weight excluding hydrogens is 294 g/mol. The van der Waals surface area contributed by atoms with Gasteiger partial charge in [0.15, 0.2) is 6.61 Å². The zero-order valence-electron chi connectivity index (χ0n) is 13.8. The summed E-state index contributed by atoms with van der Waals surface area (Å²) < 4.78 is 5.37. The van der Waals surface area contributed by atoms with E-state index in [4.69, 9.17) is 4.74 Å². The monoisotopic (exact) mass is 317 g/mol. The summed E-state index contributed by atoms with van der Waals surface area (Å²) in [7, 11) is 0. The van der Waals surface area contributed by atoms with Crippen molar-refractivity contribution in [2.45, 2.75) is 32.9 Å². The third-order valence-corrected chi connectivity index (χ3v) is 4.56. The maximum Gasteiger partial charge on any atom is 0.262 e. The fraction of sp³-hybridized carbons (Fsp3) is 0.529. The average Bonchev–Trinajstić information content (AvgIpc) is 2.88. The lowest BCUT2D eigenvalue weighted by Gasteiger charge is -2.21. The van der Waals surface area contributed by atoms with Crippen LogP contribution in [0.25, 0.3) is 0 Å². The Bertz CT molecular complexity index is 630. The molecule has 2 amide bonds. The lowest BCUT2D eigenvalue weighted by Crippen LogP contribution is -2.40. The van der Waals surface area contributed by atoms with Crippen LogP contribution in [0.15, 0.2) is 18.2 Å². The van der Waals surface area contributed by atoms with Crippen LogP contribution < -0.4 is 15.4 Å². The smallest absolute Gasteiger partial charge is 0.262 e. The Morgan fingerprint density at radius 2 is 2.17 bits per heavy atom. The minimum absolute atomic E-state index is 0.0128. The molecule has 0 unspecified atom stereocenters. The van der Waals surface area contributed by atoms with E-state index < -0.39 is 0 Å². The highest BCUT2D eigenvalue weighted by Crippen LogP contribution is 2.28. The van der Waals surface area contributed by atoms with Crippen molar-refractivity contribution < 1.29 is 14.3 Å². The molecule has 6 heteroatoms. The average molecular weight is 317 g/mol. The van der Waals surface area contributed by atoms with Crippen molar-refractivity contribution in [3.05, 3.63) is 23.8 Å². The highest BCUT2D eigenvalue weighted by molar-refractivity contribution is 5.99. The number of likely N-dealkylation sites (tertiary alicyclic amines) is 1. The molecule has 1 aromatic carbocycles. The number of nitrogens with one attached hydrogen (secondary N) is 2. The van der Waals surface area contributed by atoms with Crippen LogP contribution in [0, 0.1) is 5.92 Å². The van der Waals surface area contributed by atoms with Gasteiger partial charge in [-0.15, -0.1) is 0 Å². The van der Waals surface area contributed by atoms with Gasteiger partial charge < -0.3 is 15.4 Å². The molecule has 0 bridgehead atoms. The highest BCUT2D eigenvalue weighted by atomic mass is 16.5. The number of anilines is 1. The lowest BCUT2D eigenvalue weighted by molar-refractivity contribution is -0.118. The molecule has 2 N–H and O–H groups in total. The van der Waals surface area contributed by atoms with Gasteiger partial charge >= 0.3 is 0 Å². The topological polar surface area (TPSA) is 70.7 Å². The second-order valence-corrected chi connectivity index (χ2v) is 6.65. The fourth-order valence-electron chi connectivity index (χ4n) is 3.08. The maximum absolute atomic E-state index is 12.5. The van der Waals surface area contributed by atoms with Gasteiger partial charge in [-0.2, -0.15) is 0 Å². The number of ether oxygens (including phenoxy) is 1. The zero-order valence-corrected chi connectivity index (χ0v) is 13.8. The maximum atomic E-state index is 12.5. The van der Waals surface area contributed by atoms with E-state index in [1.54, 1.807) is 18.2 Å². The predicted octanol–water partition coefficient (Wildman–Crippen LogP) is 1.48. The van der Waals surface area contributed by atoms with Crippen molar-refractivity contribution in [2.75, 3.05) is 25.0 Å². The molecular formula is C17H23N3O3. The summed E-state index contributed by atoms with van der Waals surface area (Å²) in [4.78, 5) is 26.2. The summed E-state index contributed by atoms with van der Waals surface area (Å²) in [6.07, 6.45) is 0. The molecule has 2 atom stereocenters. The molecule has 124 valence electrons. The molecule has 2 aliphatic heterocycles. The Morgan fingerprint density at radius 3 is 2.87 bits per heavy atom. The molecule has 2 aliphatic rings. The zero-order chi connectivity index (χ0) is 16.6. The van der Waals surface area contributed by atoms with Crippen molar-refractivity contribution in [3.8, 4) is 5.75 Å². The highest BCUT2D eigenvalue weighted by Gasteiger charge is 2.32. The van der Waals surface area contributed by atoms with E-state index in [1.165, 1.54) is 0 Å². The molecule has 0 aromatic heterocycles. The van der Waals surface area contributed by atoms with Crippen molar-refractivity contribution in [2.24, 2.45) is 5.92 Å². The molecule has 3 rings (SSSR count). The summed E-state index contributed by atoms with van der Waals surface area (Å²) in [5, 5.41) is 5.84. The first-order valence-electron chi connectivity index (χ1n) is 8.05. The first kappa shape index (κ1) is 15.8. The first-order chi connectivity index (χ1) is 10.9. The van der Waals surface area contributed by atoms with E-state index in [9.17, 15) is 9.59 Å². The normalized spacial score (nSPS) is 24.1. The Kier molecular flexibility index (Phi) is 4.26. The fourth-order valence-corrected chi connectivity index (χ4v) is 3.08. The van der Waals surface area contributed by atoms with E-state index >= 15 is 0 Å². The Balaban J connectivity index is 1.68. The van der Waals surface area contributed by atoms with Crippen molar-refractivity contribution in [1.29, 1.82) is 0 Å². The number of carbonyl (C=O) groups excluding carboxylic acids is 2. The predicted molar refractivity (Wildman–Crippen MR) is 87.7 cm³/mol. The number of amides is 2. The third-order valence-electron chi connectivity index (χ3n) is 4.56. The Labute approximate surface area is 136 Å². The van der Waals surface area contributed by atoms with Gasteiger partial charge in [0, 0.05) is 30.7 Å². The molecule has 1 aromatic rings. The van der Waals surface area contributed by atoms with Crippen LogP contribution >= 0.6 is 0 Å². The quantitative estimate of drug-likeness (QED) is 0.886. The van der Waals surface area contributed by atoms with Gasteiger partial charge in [-0.25, -0.2) is 0 Å². The second kappa shape index (κ2) is 6.20. The molecule has 1 fully saturated rings. The third kappa shape index (κ3) is 3.32. The van der Waals surface area contributed by atoms with Gasteiger partial charge in [0.1, 0.15) is 5.75 Å². The molecule has 2 heterocycles. The SMILES string of the molecule is CC(C)N1C[C@H](NC(=O)c2ccc3c(c2)OCC(=O)N3)[C@@H](C)C1. The van der Waals surface area contributed by atoms with Crippen LogP contribution in [0.1, 0.15) is 31.1 Å². The summed E-state index contributed by atoms with van der Waals surface area (Å²) in [5.41, 5.74) is 1.16. The van der Waals surface area contributed by atoms with E-state index in [0.717, 1.165) is 13.1 Å². The van der Waals surface area contributed by atoms with E-state index in [0.29, 0.717) is 29.0 Å². The summed E-state index contributed by atoms with van der Waals surface area (Å²) in [5.74, 6) is 0.689. The number of hydrogen-bond acceptors (Lipinski definition) is 4. The molecule has 23 heavy (non-hydrogen) atoms. The van der Waals surface area contributed by atoms with Crippen LogP contribution in [0.2, 0.25) is 0 Å². The van der Waals surface area contributed by atoms with Crippen LogP contribution in [-0.2, 0) is 4.79 Å². The minimum atomic E-state index is -0.178. The molecule has 0 aliphatic carbocycles. The lowest BCUT2D eigenvalue weighted by atomic mass is 10.1. The van der Waals surface area contributed by atoms with Crippen LogP contribution in [0.5, 0.6) is 5.75 Å². The van der Waals surface area contributed by atoms with Crippen LogP contribution in [0.3, 0.4) is 0 Å². The van der Waals surface area contributed by atoms with Gasteiger partial charge in [-0.3, -0.25) is 14.5 Å². The molecule has 6 nitrogen and oxygen atoms in total. The van der Waals surface area contributed by atoms with Gasteiger partial charge in [0.2, 0.25) is 0 Å². The van der Waals surface area contributed by atoms with Crippen molar-refractivity contribution >= 4 is 17.5 Å². The molecule has 0 saturated carbocycles. The number of fused-ring (bicyclic) bond motifs is 1. The van der Waals surface area contributed by atoms with Gasteiger partial charge in [-0.05, 0) is 38.0 Å². The Morgan fingerprint density at radius 1 is 1.39 bits per heavy atom. The molecule has 1 saturated heterocycles. The number of nitrogens with zero attached hydrogens (tertiary/aromatic N) is 1. The second-order valence-electron chi connectivity index (χ2n) is 6.65. The van der Waals surface area contributed by atoms with Crippen LogP contribution in [0.4, 0.5) is 5.69 Å².